The van der Waals surface area contributed by atoms with Crippen molar-refractivity contribution in [1.29, 1.82) is 0 Å². The minimum Gasteiger partial charge on any atom is -0.340 e. The van der Waals surface area contributed by atoms with Gasteiger partial charge in [-0.25, -0.2) is 0 Å². The molecule has 1 amide bonds. The monoisotopic (exact) mass is 397 g/mol. The SMILES string of the molecule is CC(N1CCN(C(=O)CC2CSCCN2)CC1)C(F)(F)F.Cl.Cl. The van der Waals surface area contributed by atoms with E-state index in [2.05, 4.69) is 5.32 Å². The fourth-order valence-electron chi connectivity index (χ4n) is 2.66. The first-order valence-electron chi connectivity index (χ1n) is 7.27. The van der Waals surface area contributed by atoms with Crippen molar-refractivity contribution in [3.63, 3.8) is 0 Å². The Morgan fingerprint density at radius 2 is 1.87 bits per heavy atom. The molecule has 0 radical (unpaired) electrons. The van der Waals surface area contributed by atoms with Gasteiger partial charge in [0.05, 0.1) is 0 Å². The fourth-order valence-corrected chi connectivity index (χ4v) is 3.61. The fraction of sp³-hybridized carbons (Fsp3) is 0.923. The Morgan fingerprint density at radius 3 is 2.35 bits per heavy atom. The van der Waals surface area contributed by atoms with Crippen molar-refractivity contribution in [1.82, 2.24) is 15.1 Å². The lowest BCUT2D eigenvalue weighted by Gasteiger charge is -2.39. The van der Waals surface area contributed by atoms with Gasteiger partial charge in [0, 0.05) is 56.7 Å². The summed E-state index contributed by atoms with van der Waals surface area (Å²) in [5, 5.41) is 3.31. The summed E-state index contributed by atoms with van der Waals surface area (Å²) in [6.45, 7) is 3.46. The number of nitrogens with zero attached hydrogens (tertiary/aromatic N) is 2. The van der Waals surface area contributed by atoms with Gasteiger partial charge in [-0.2, -0.15) is 24.9 Å². The highest BCUT2D eigenvalue weighted by atomic mass is 35.5. The molecule has 1 N–H and O–H groups in total. The zero-order chi connectivity index (χ0) is 15.5. The van der Waals surface area contributed by atoms with Gasteiger partial charge >= 0.3 is 6.18 Å². The number of carbonyl (C=O) groups excluding carboxylic acids is 1. The third-order valence-corrected chi connectivity index (χ3v) is 5.24. The summed E-state index contributed by atoms with van der Waals surface area (Å²) in [4.78, 5) is 15.3. The predicted octanol–water partition coefficient (Wildman–Crippen LogP) is 2.02. The molecule has 2 saturated heterocycles. The Bertz CT molecular complexity index is 363. The van der Waals surface area contributed by atoms with Gasteiger partial charge in [0.2, 0.25) is 5.91 Å². The first-order chi connectivity index (χ1) is 9.88. The topological polar surface area (TPSA) is 35.6 Å². The highest BCUT2D eigenvalue weighted by Crippen LogP contribution is 2.25. The molecule has 0 bridgehead atoms. The van der Waals surface area contributed by atoms with Crippen molar-refractivity contribution >= 4 is 42.5 Å². The van der Waals surface area contributed by atoms with Gasteiger partial charge in [-0.1, -0.05) is 0 Å². The van der Waals surface area contributed by atoms with Crippen molar-refractivity contribution in [3.05, 3.63) is 0 Å². The molecule has 2 rings (SSSR count). The second-order valence-corrected chi connectivity index (χ2v) is 6.71. The van der Waals surface area contributed by atoms with Crippen molar-refractivity contribution in [3.8, 4) is 0 Å². The molecule has 0 aromatic rings. The number of thioether (sulfide) groups is 1. The smallest absolute Gasteiger partial charge is 0.340 e. The minimum atomic E-state index is -4.20. The van der Waals surface area contributed by atoms with E-state index < -0.39 is 12.2 Å². The van der Waals surface area contributed by atoms with Crippen LogP contribution < -0.4 is 5.32 Å². The number of hydrogen-bond donors (Lipinski definition) is 1. The van der Waals surface area contributed by atoms with Crippen molar-refractivity contribution < 1.29 is 18.0 Å². The van der Waals surface area contributed by atoms with Gasteiger partial charge < -0.3 is 10.2 Å². The number of hydrogen-bond acceptors (Lipinski definition) is 4. The zero-order valence-electron chi connectivity index (χ0n) is 13.0. The number of piperazine rings is 1. The molecule has 138 valence electrons. The Kier molecular flexibility index (Phi) is 10.2. The number of amides is 1. The zero-order valence-corrected chi connectivity index (χ0v) is 15.4. The molecule has 4 nitrogen and oxygen atoms in total. The van der Waals surface area contributed by atoms with Crippen LogP contribution in [0, 0.1) is 0 Å². The summed E-state index contributed by atoms with van der Waals surface area (Å²) in [6, 6.07) is -1.24. The lowest BCUT2D eigenvalue weighted by molar-refractivity contribution is -0.183. The molecule has 0 aromatic heterocycles. The number of halogens is 5. The Labute approximate surface area is 151 Å². The molecule has 0 aliphatic carbocycles. The molecule has 2 aliphatic heterocycles. The molecule has 2 aliphatic rings. The molecule has 2 fully saturated rings. The van der Waals surface area contributed by atoms with Gasteiger partial charge in [0.25, 0.3) is 0 Å². The Hall–Kier alpha value is 0.110. The standard InChI is InChI=1S/C13H22F3N3OS.2ClH/c1-10(13(14,15)16)18-3-5-19(6-4-18)12(20)8-11-9-21-7-2-17-11;;/h10-11,17H,2-9H2,1H3;2*1H. The van der Waals surface area contributed by atoms with Crippen LogP contribution in [0.1, 0.15) is 13.3 Å². The lowest BCUT2D eigenvalue weighted by Crippen LogP contribution is -2.55. The van der Waals surface area contributed by atoms with Crippen LogP contribution in [0.15, 0.2) is 0 Å². The van der Waals surface area contributed by atoms with Crippen molar-refractivity contribution in [2.75, 3.05) is 44.2 Å². The van der Waals surface area contributed by atoms with E-state index in [4.69, 9.17) is 0 Å². The highest BCUT2D eigenvalue weighted by Gasteiger charge is 2.41. The lowest BCUT2D eigenvalue weighted by atomic mass is 10.1. The molecular formula is C13H24Cl2F3N3OS. The van der Waals surface area contributed by atoms with E-state index in [1.54, 1.807) is 4.90 Å². The summed E-state index contributed by atoms with van der Waals surface area (Å²) in [6.07, 6.45) is -3.75. The van der Waals surface area contributed by atoms with E-state index in [1.165, 1.54) is 11.8 Å². The van der Waals surface area contributed by atoms with Crippen LogP contribution in [-0.4, -0.2) is 78.2 Å². The predicted molar refractivity (Wildman–Crippen MR) is 91.9 cm³/mol. The van der Waals surface area contributed by atoms with Crippen LogP contribution >= 0.6 is 36.6 Å². The first-order valence-corrected chi connectivity index (χ1v) is 8.43. The Balaban J connectivity index is 0.00000242. The van der Waals surface area contributed by atoms with E-state index in [1.807, 2.05) is 11.8 Å². The van der Waals surface area contributed by atoms with E-state index in [0.717, 1.165) is 18.1 Å². The average Bonchev–Trinajstić information content (AvgIpc) is 2.46. The second-order valence-electron chi connectivity index (χ2n) is 5.56. The third kappa shape index (κ3) is 6.86. The summed E-state index contributed by atoms with van der Waals surface area (Å²) in [7, 11) is 0. The molecule has 2 atom stereocenters. The van der Waals surface area contributed by atoms with Crippen LogP contribution in [0.25, 0.3) is 0 Å². The third-order valence-electron chi connectivity index (χ3n) is 4.11. The van der Waals surface area contributed by atoms with Crippen molar-refractivity contribution in [2.45, 2.75) is 31.6 Å². The maximum absolute atomic E-state index is 12.7. The maximum atomic E-state index is 12.7. The van der Waals surface area contributed by atoms with Gasteiger partial charge in [-0.3, -0.25) is 9.69 Å². The molecule has 0 spiro atoms. The van der Waals surface area contributed by atoms with Gasteiger partial charge in [-0.05, 0) is 6.92 Å². The molecule has 2 heterocycles. The quantitative estimate of drug-likeness (QED) is 0.789. The molecule has 2 unspecified atom stereocenters. The maximum Gasteiger partial charge on any atom is 0.403 e. The number of carbonyl (C=O) groups is 1. The van der Waals surface area contributed by atoms with Crippen LogP contribution in [0.5, 0.6) is 0 Å². The van der Waals surface area contributed by atoms with Gasteiger partial charge in [0.1, 0.15) is 6.04 Å². The summed E-state index contributed by atoms with van der Waals surface area (Å²) in [5.74, 6) is 2.05. The number of alkyl halides is 3. The van der Waals surface area contributed by atoms with Gasteiger partial charge in [-0.15, -0.1) is 24.8 Å². The van der Waals surface area contributed by atoms with Crippen LogP contribution in [0.2, 0.25) is 0 Å². The molecule has 0 aromatic carbocycles. The molecular weight excluding hydrogens is 374 g/mol. The summed E-state index contributed by atoms with van der Waals surface area (Å²) >= 11 is 1.83. The molecule has 0 saturated carbocycles. The summed E-state index contributed by atoms with van der Waals surface area (Å²) < 4.78 is 38.0. The highest BCUT2D eigenvalue weighted by molar-refractivity contribution is 7.99. The van der Waals surface area contributed by atoms with E-state index >= 15 is 0 Å². The molecule has 23 heavy (non-hydrogen) atoms. The molecule has 10 heteroatoms. The normalized spacial score (nSPS) is 24.3. The van der Waals surface area contributed by atoms with Crippen LogP contribution in [-0.2, 0) is 4.79 Å². The minimum absolute atomic E-state index is 0. The van der Waals surface area contributed by atoms with E-state index in [0.29, 0.717) is 32.6 Å². The number of nitrogens with one attached hydrogen (secondary N) is 1. The average molecular weight is 398 g/mol. The van der Waals surface area contributed by atoms with Crippen LogP contribution in [0.3, 0.4) is 0 Å². The second kappa shape index (κ2) is 10.2. The summed E-state index contributed by atoms with van der Waals surface area (Å²) in [5.41, 5.74) is 0. The van der Waals surface area contributed by atoms with E-state index in [-0.39, 0.29) is 36.8 Å². The van der Waals surface area contributed by atoms with Crippen molar-refractivity contribution in [2.24, 2.45) is 0 Å². The first kappa shape index (κ1) is 23.1. The number of rotatable bonds is 3. The van der Waals surface area contributed by atoms with E-state index in [9.17, 15) is 18.0 Å². The van der Waals surface area contributed by atoms with Gasteiger partial charge in [0.15, 0.2) is 0 Å². The largest absolute Gasteiger partial charge is 0.403 e. The van der Waals surface area contributed by atoms with Crippen LogP contribution in [0.4, 0.5) is 13.2 Å². The Morgan fingerprint density at radius 1 is 1.26 bits per heavy atom.